The van der Waals surface area contributed by atoms with Crippen LogP contribution in [0.3, 0.4) is 0 Å². The minimum atomic E-state index is 0.457. The van der Waals surface area contributed by atoms with Gasteiger partial charge in [0.05, 0.1) is 28.0 Å². The molecule has 6 heteroatoms. The maximum absolute atomic E-state index is 9.94. The van der Waals surface area contributed by atoms with Crippen LogP contribution in [-0.4, -0.2) is 25.5 Å². The summed E-state index contributed by atoms with van der Waals surface area (Å²) in [6.45, 7) is 2.14. The molecule has 0 saturated heterocycles. The van der Waals surface area contributed by atoms with E-state index in [4.69, 9.17) is 5.10 Å². The fourth-order valence-electron chi connectivity index (χ4n) is 3.70. The molecule has 0 aliphatic carbocycles. The van der Waals surface area contributed by atoms with Gasteiger partial charge in [0.25, 0.3) is 0 Å². The zero-order valence-corrected chi connectivity index (χ0v) is 18.9. The summed E-state index contributed by atoms with van der Waals surface area (Å²) in [6.07, 6.45) is 3.81. The number of allylic oxidation sites excluding steroid dienone is 1. The molecule has 0 saturated carbocycles. The Balaban J connectivity index is 1.62. The van der Waals surface area contributed by atoms with Crippen molar-refractivity contribution >= 4 is 34.4 Å². The van der Waals surface area contributed by atoms with Crippen LogP contribution in [0, 0.1) is 11.3 Å². The van der Waals surface area contributed by atoms with Crippen LogP contribution in [-0.2, 0) is 0 Å². The maximum atomic E-state index is 9.94. The lowest BCUT2D eigenvalue weighted by molar-refractivity contribution is 0.884. The van der Waals surface area contributed by atoms with E-state index in [-0.39, 0.29) is 0 Å². The van der Waals surface area contributed by atoms with Crippen LogP contribution in [0.4, 0.5) is 0 Å². The Labute approximate surface area is 196 Å². The molecule has 0 bridgehead atoms. The molecule has 1 N–H and O–H groups in total. The van der Waals surface area contributed by atoms with Gasteiger partial charge >= 0.3 is 0 Å². The number of hydrogen-bond donors (Lipinski definition) is 1. The van der Waals surface area contributed by atoms with Crippen LogP contribution in [0.15, 0.2) is 90.0 Å². The van der Waals surface area contributed by atoms with Crippen molar-refractivity contribution in [1.29, 1.82) is 5.26 Å². The third-order valence-corrected chi connectivity index (χ3v) is 6.16. The molecule has 0 aliphatic heterocycles. The summed E-state index contributed by atoms with van der Waals surface area (Å²) < 4.78 is 1.85. The normalized spacial score (nSPS) is 11.6. The van der Waals surface area contributed by atoms with Crippen LogP contribution in [0.2, 0.25) is 0 Å². The number of nitrogens with zero attached hydrogens (tertiary/aromatic N) is 4. The SMILES string of the molecule is CCSc1ccc(-c2nn(-c3ccccc3)cc2/C=C(/C#N)c2nc3ccccc3[nH]2)cc1. The molecule has 160 valence electrons. The summed E-state index contributed by atoms with van der Waals surface area (Å²) in [5.41, 5.74) is 5.81. The fraction of sp³-hybridized carbons (Fsp3) is 0.0741. The maximum Gasteiger partial charge on any atom is 0.149 e. The highest BCUT2D eigenvalue weighted by atomic mass is 32.2. The quantitative estimate of drug-likeness (QED) is 0.235. The highest BCUT2D eigenvalue weighted by Gasteiger charge is 2.14. The predicted molar refractivity (Wildman–Crippen MR) is 135 cm³/mol. The van der Waals surface area contributed by atoms with Gasteiger partial charge in [-0.3, -0.25) is 0 Å². The first-order chi connectivity index (χ1) is 16.2. The van der Waals surface area contributed by atoms with E-state index in [1.54, 1.807) is 11.8 Å². The van der Waals surface area contributed by atoms with Gasteiger partial charge in [0.15, 0.2) is 0 Å². The molecule has 0 aliphatic rings. The van der Waals surface area contributed by atoms with Gasteiger partial charge in [-0.15, -0.1) is 11.8 Å². The Morgan fingerprint density at radius 3 is 2.52 bits per heavy atom. The zero-order chi connectivity index (χ0) is 22.6. The van der Waals surface area contributed by atoms with Crippen molar-refractivity contribution in [2.45, 2.75) is 11.8 Å². The number of H-pyrrole nitrogens is 1. The van der Waals surface area contributed by atoms with Crippen molar-refractivity contribution in [3.05, 3.63) is 96.4 Å². The number of imidazole rings is 1. The summed E-state index contributed by atoms with van der Waals surface area (Å²) in [5.74, 6) is 1.57. The number of thioether (sulfide) groups is 1. The first-order valence-corrected chi connectivity index (χ1v) is 11.7. The number of hydrogen-bond acceptors (Lipinski definition) is 4. The zero-order valence-electron chi connectivity index (χ0n) is 18.1. The van der Waals surface area contributed by atoms with Gasteiger partial charge in [-0.05, 0) is 48.2 Å². The molecule has 5 nitrogen and oxygen atoms in total. The molecule has 0 radical (unpaired) electrons. The van der Waals surface area contributed by atoms with Crippen molar-refractivity contribution in [1.82, 2.24) is 19.7 Å². The van der Waals surface area contributed by atoms with Gasteiger partial charge in [0.2, 0.25) is 0 Å². The van der Waals surface area contributed by atoms with Gasteiger partial charge in [-0.25, -0.2) is 9.67 Å². The number of rotatable bonds is 6. The van der Waals surface area contributed by atoms with E-state index in [9.17, 15) is 5.26 Å². The van der Waals surface area contributed by atoms with Gasteiger partial charge in [0.1, 0.15) is 11.9 Å². The van der Waals surface area contributed by atoms with Gasteiger partial charge in [0, 0.05) is 22.2 Å². The molecule has 0 fully saturated rings. The summed E-state index contributed by atoms with van der Waals surface area (Å²) in [6, 6.07) is 28.4. The molecule has 3 aromatic carbocycles. The molecule has 0 unspecified atom stereocenters. The average molecular weight is 448 g/mol. The van der Waals surface area contributed by atoms with Crippen LogP contribution in [0.1, 0.15) is 18.3 Å². The second-order valence-electron chi connectivity index (χ2n) is 7.44. The molecular formula is C27H21N5S. The van der Waals surface area contributed by atoms with Crippen molar-refractivity contribution in [3.8, 4) is 23.0 Å². The summed E-state index contributed by atoms with van der Waals surface area (Å²) in [4.78, 5) is 9.08. The summed E-state index contributed by atoms with van der Waals surface area (Å²) in [5, 5.41) is 14.8. The highest BCUT2D eigenvalue weighted by molar-refractivity contribution is 7.99. The Morgan fingerprint density at radius 2 is 1.79 bits per heavy atom. The minimum absolute atomic E-state index is 0.457. The van der Waals surface area contributed by atoms with Crippen LogP contribution >= 0.6 is 11.8 Å². The van der Waals surface area contributed by atoms with E-state index in [1.807, 2.05) is 71.6 Å². The standard InChI is InChI=1S/C27H21N5S/c1-2-33-23-14-12-19(13-15-23)26-21(18-32(31-26)22-8-4-3-5-9-22)16-20(17-28)27-29-24-10-6-7-11-25(24)30-27/h3-16,18H,2H2,1H3,(H,29,30)/b20-16-. The number of aromatic amines is 1. The third-order valence-electron chi connectivity index (χ3n) is 5.27. The molecular weight excluding hydrogens is 426 g/mol. The third kappa shape index (κ3) is 4.32. The number of para-hydroxylation sites is 3. The molecule has 0 amide bonds. The lowest BCUT2D eigenvalue weighted by atomic mass is 10.1. The van der Waals surface area contributed by atoms with Crippen LogP contribution in [0.5, 0.6) is 0 Å². The van der Waals surface area contributed by atoms with Gasteiger partial charge in [-0.2, -0.15) is 10.4 Å². The number of benzene rings is 3. The minimum Gasteiger partial charge on any atom is -0.337 e. The van der Waals surface area contributed by atoms with Crippen molar-refractivity contribution < 1.29 is 0 Å². The average Bonchev–Trinajstić information content (AvgIpc) is 3.48. The number of nitriles is 1. The van der Waals surface area contributed by atoms with Crippen LogP contribution in [0.25, 0.3) is 39.6 Å². The van der Waals surface area contributed by atoms with E-state index in [0.717, 1.165) is 39.3 Å². The second-order valence-corrected chi connectivity index (χ2v) is 8.78. The van der Waals surface area contributed by atoms with E-state index < -0.39 is 0 Å². The van der Waals surface area contributed by atoms with Crippen molar-refractivity contribution in [3.63, 3.8) is 0 Å². The molecule has 2 aromatic heterocycles. The monoisotopic (exact) mass is 447 g/mol. The Kier molecular flexibility index (Phi) is 5.79. The Morgan fingerprint density at radius 1 is 1.03 bits per heavy atom. The Bertz CT molecular complexity index is 1440. The van der Waals surface area contributed by atoms with Crippen molar-refractivity contribution in [2.75, 3.05) is 5.75 Å². The van der Waals surface area contributed by atoms with E-state index in [2.05, 4.69) is 47.2 Å². The van der Waals surface area contributed by atoms with Gasteiger partial charge in [-0.1, -0.05) is 49.4 Å². The lowest BCUT2D eigenvalue weighted by Gasteiger charge is -2.03. The highest BCUT2D eigenvalue weighted by Crippen LogP contribution is 2.29. The number of nitrogens with one attached hydrogen (secondary N) is 1. The smallest absolute Gasteiger partial charge is 0.149 e. The molecule has 0 atom stereocenters. The summed E-state index contributed by atoms with van der Waals surface area (Å²) >= 11 is 1.81. The lowest BCUT2D eigenvalue weighted by Crippen LogP contribution is -1.93. The molecule has 0 spiro atoms. The largest absolute Gasteiger partial charge is 0.337 e. The molecule has 2 heterocycles. The molecule has 5 aromatic rings. The van der Waals surface area contributed by atoms with E-state index in [1.165, 1.54) is 4.90 Å². The predicted octanol–water partition coefficient (Wildman–Crippen LogP) is 6.59. The number of aromatic nitrogens is 4. The molecule has 5 rings (SSSR count). The Hall–Kier alpha value is -4.08. The topological polar surface area (TPSA) is 70.3 Å². The fourth-order valence-corrected chi connectivity index (χ4v) is 4.36. The van der Waals surface area contributed by atoms with Gasteiger partial charge < -0.3 is 4.98 Å². The van der Waals surface area contributed by atoms with Crippen LogP contribution < -0.4 is 0 Å². The molecule has 33 heavy (non-hydrogen) atoms. The first-order valence-electron chi connectivity index (χ1n) is 10.7. The van der Waals surface area contributed by atoms with E-state index in [0.29, 0.717) is 11.4 Å². The summed E-state index contributed by atoms with van der Waals surface area (Å²) in [7, 11) is 0. The van der Waals surface area contributed by atoms with Crippen molar-refractivity contribution in [2.24, 2.45) is 0 Å². The van der Waals surface area contributed by atoms with E-state index >= 15 is 0 Å². The number of fused-ring (bicyclic) bond motifs is 1. The second kappa shape index (κ2) is 9.19. The first kappa shape index (κ1) is 20.8.